The quantitative estimate of drug-likeness (QED) is 0.203. The Labute approximate surface area is 205 Å². The smallest absolute Gasteiger partial charge is 0.412 e. The molecular formula is C21H20Br2N2O8. The molecule has 1 aliphatic rings. The summed E-state index contributed by atoms with van der Waals surface area (Å²) in [6.45, 7) is 2.01. The SMILES string of the molecule is CCO[C@@H](/C=C/C(=O)NO)[C@@H](OC(=O)Nc1ccc2c(c1)OCO2)c1cc(Br)cc(Br)c1O. The Kier molecular flexibility index (Phi) is 8.55. The summed E-state index contributed by atoms with van der Waals surface area (Å²) in [6, 6.07) is 8.02. The van der Waals surface area contributed by atoms with Gasteiger partial charge in [-0.2, -0.15) is 0 Å². The first-order valence-electron chi connectivity index (χ1n) is 9.61. The fourth-order valence-electron chi connectivity index (χ4n) is 3.00. The largest absolute Gasteiger partial charge is 0.506 e. The van der Waals surface area contributed by atoms with Crippen LogP contribution >= 0.6 is 31.9 Å². The standard InChI is InChI=1S/C21H20Br2N2O8/c1-2-30-16(5-6-18(26)25-29)20(13-7-11(22)8-14(23)19(13)27)33-21(28)24-12-3-4-15-17(9-12)32-10-31-15/h3-9,16,20,27,29H,2,10H2,1H3,(H,24,28)(H,25,26)/b6-5+/t16-,20-/m0/s1. The van der Waals surface area contributed by atoms with Gasteiger partial charge in [0.05, 0.1) is 4.47 Å². The molecule has 0 fully saturated rings. The maximum atomic E-state index is 12.8. The Balaban J connectivity index is 1.91. The van der Waals surface area contributed by atoms with Crippen LogP contribution in [0.3, 0.4) is 0 Å². The molecule has 3 rings (SSSR count). The van der Waals surface area contributed by atoms with Crippen molar-refractivity contribution in [3.63, 3.8) is 0 Å². The number of hydrogen-bond acceptors (Lipinski definition) is 8. The van der Waals surface area contributed by atoms with Gasteiger partial charge in [-0.15, -0.1) is 0 Å². The van der Waals surface area contributed by atoms with E-state index in [2.05, 4.69) is 37.2 Å². The van der Waals surface area contributed by atoms with E-state index in [1.165, 1.54) is 11.6 Å². The molecule has 2 aromatic rings. The van der Waals surface area contributed by atoms with Crippen molar-refractivity contribution >= 4 is 49.5 Å². The second kappa shape index (κ2) is 11.4. The summed E-state index contributed by atoms with van der Waals surface area (Å²) in [5.41, 5.74) is 2.08. The predicted octanol–water partition coefficient (Wildman–Crippen LogP) is 4.40. The summed E-state index contributed by atoms with van der Waals surface area (Å²) in [5, 5.41) is 22.0. The lowest BCUT2D eigenvalue weighted by Crippen LogP contribution is -2.28. The minimum atomic E-state index is -1.17. The van der Waals surface area contributed by atoms with Crippen LogP contribution in [0.5, 0.6) is 17.2 Å². The topological polar surface area (TPSA) is 136 Å². The molecule has 0 saturated carbocycles. The maximum absolute atomic E-state index is 12.8. The monoisotopic (exact) mass is 586 g/mol. The number of benzene rings is 2. The van der Waals surface area contributed by atoms with Crippen molar-refractivity contribution in [1.29, 1.82) is 0 Å². The highest BCUT2D eigenvalue weighted by atomic mass is 79.9. The average Bonchev–Trinajstić information content (AvgIpc) is 3.25. The Morgan fingerprint density at radius 2 is 1.97 bits per heavy atom. The highest BCUT2D eigenvalue weighted by molar-refractivity contribution is 9.11. The first-order valence-corrected chi connectivity index (χ1v) is 11.2. The van der Waals surface area contributed by atoms with Gasteiger partial charge in [0, 0.05) is 34.5 Å². The van der Waals surface area contributed by atoms with Crippen LogP contribution in [0.1, 0.15) is 18.6 Å². The summed E-state index contributed by atoms with van der Waals surface area (Å²) in [4.78, 5) is 24.3. The molecule has 4 N–H and O–H groups in total. The van der Waals surface area contributed by atoms with Gasteiger partial charge in [0.15, 0.2) is 17.6 Å². The van der Waals surface area contributed by atoms with E-state index in [4.69, 9.17) is 24.2 Å². The predicted molar refractivity (Wildman–Crippen MR) is 123 cm³/mol. The van der Waals surface area contributed by atoms with Crippen LogP contribution in [0.4, 0.5) is 10.5 Å². The van der Waals surface area contributed by atoms with Crippen molar-refractivity contribution in [3.05, 3.63) is 57.0 Å². The van der Waals surface area contributed by atoms with Crippen molar-refractivity contribution in [1.82, 2.24) is 5.48 Å². The number of aromatic hydroxyl groups is 1. The number of hydroxylamine groups is 1. The summed E-state index contributed by atoms with van der Waals surface area (Å²) < 4.78 is 22.8. The van der Waals surface area contributed by atoms with Crippen molar-refractivity contribution < 1.29 is 38.9 Å². The summed E-state index contributed by atoms with van der Waals surface area (Å²) in [6.07, 6.45) is -0.672. The van der Waals surface area contributed by atoms with Crippen LogP contribution in [0.25, 0.3) is 0 Å². The molecule has 0 bridgehead atoms. The van der Waals surface area contributed by atoms with Gasteiger partial charge in [-0.3, -0.25) is 15.3 Å². The number of rotatable bonds is 8. The van der Waals surface area contributed by atoms with E-state index in [9.17, 15) is 14.7 Å². The molecule has 0 radical (unpaired) electrons. The molecule has 2 atom stereocenters. The van der Waals surface area contributed by atoms with Crippen LogP contribution in [-0.2, 0) is 14.3 Å². The number of ether oxygens (including phenoxy) is 4. The van der Waals surface area contributed by atoms with Gasteiger partial charge in [0.1, 0.15) is 11.9 Å². The van der Waals surface area contributed by atoms with Gasteiger partial charge in [-0.25, -0.2) is 10.3 Å². The lowest BCUT2D eigenvalue weighted by Gasteiger charge is -2.26. The number of anilines is 1. The van der Waals surface area contributed by atoms with E-state index < -0.39 is 24.2 Å². The number of amides is 2. The number of carbonyl (C=O) groups is 2. The number of carbonyl (C=O) groups excluding carboxylic acids is 2. The van der Waals surface area contributed by atoms with Gasteiger partial charge in [0.25, 0.3) is 5.91 Å². The van der Waals surface area contributed by atoms with Gasteiger partial charge in [-0.1, -0.05) is 15.9 Å². The van der Waals surface area contributed by atoms with Crippen LogP contribution in [0.2, 0.25) is 0 Å². The maximum Gasteiger partial charge on any atom is 0.412 e. The van der Waals surface area contributed by atoms with Gasteiger partial charge in [-0.05, 0) is 53.2 Å². The van der Waals surface area contributed by atoms with Crippen LogP contribution in [0, 0.1) is 0 Å². The summed E-state index contributed by atoms with van der Waals surface area (Å²) in [5.74, 6) is 0.0502. The number of fused-ring (bicyclic) bond motifs is 1. The third-order valence-electron chi connectivity index (χ3n) is 4.42. The molecular weight excluding hydrogens is 568 g/mol. The van der Waals surface area contributed by atoms with Gasteiger partial charge < -0.3 is 24.1 Å². The average molecular weight is 588 g/mol. The zero-order chi connectivity index (χ0) is 24.0. The number of phenols is 1. The molecule has 0 unspecified atom stereocenters. The summed E-state index contributed by atoms with van der Waals surface area (Å²) >= 11 is 6.60. The van der Waals surface area contributed by atoms with Gasteiger partial charge >= 0.3 is 6.09 Å². The molecule has 1 heterocycles. The normalized spacial score (nSPS) is 14.1. The zero-order valence-electron chi connectivity index (χ0n) is 17.2. The van der Waals surface area contributed by atoms with E-state index in [1.54, 1.807) is 37.3 Å². The Hall–Kier alpha value is -2.80. The molecule has 0 aromatic heterocycles. The van der Waals surface area contributed by atoms with E-state index >= 15 is 0 Å². The Bertz CT molecular complexity index is 1060. The first-order chi connectivity index (χ1) is 15.8. The molecule has 1 aliphatic heterocycles. The first kappa shape index (κ1) is 24.8. The van der Waals surface area contributed by atoms with Crippen LogP contribution in [-0.4, -0.2) is 41.8 Å². The number of phenolic OH excluding ortho intramolecular Hbond substituents is 1. The highest BCUT2D eigenvalue weighted by Gasteiger charge is 2.30. The Morgan fingerprint density at radius 3 is 2.70 bits per heavy atom. The number of hydrogen-bond donors (Lipinski definition) is 4. The molecule has 0 aliphatic carbocycles. The minimum absolute atomic E-state index is 0.0894. The molecule has 0 spiro atoms. The second-order valence-corrected chi connectivity index (χ2v) is 8.37. The molecule has 33 heavy (non-hydrogen) atoms. The lowest BCUT2D eigenvalue weighted by molar-refractivity contribution is -0.124. The number of nitrogens with one attached hydrogen (secondary N) is 2. The Morgan fingerprint density at radius 1 is 1.21 bits per heavy atom. The second-order valence-electron chi connectivity index (χ2n) is 6.60. The molecule has 176 valence electrons. The third kappa shape index (κ3) is 6.38. The van der Waals surface area contributed by atoms with E-state index in [1.807, 2.05) is 0 Å². The van der Waals surface area contributed by atoms with E-state index in [0.717, 1.165) is 6.08 Å². The molecule has 10 nitrogen and oxygen atoms in total. The lowest BCUT2D eigenvalue weighted by atomic mass is 10.0. The van der Waals surface area contributed by atoms with Crippen LogP contribution in [0.15, 0.2) is 51.4 Å². The fraction of sp³-hybridized carbons (Fsp3) is 0.238. The van der Waals surface area contributed by atoms with Crippen molar-refractivity contribution in [3.8, 4) is 17.2 Å². The van der Waals surface area contributed by atoms with E-state index in [-0.39, 0.29) is 24.7 Å². The zero-order valence-corrected chi connectivity index (χ0v) is 20.4. The van der Waals surface area contributed by atoms with Crippen molar-refractivity contribution in [2.24, 2.45) is 0 Å². The van der Waals surface area contributed by atoms with E-state index in [0.29, 0.717) is 26.1 Å². The highest BCUT2D eigenvalue weighted by Crippen LogP contribution is 2.39. The summed E-state index contributed by atoms with van der Waals surface area (Å²) in [7, 11) is 0. The molecule has 2 aromatic carbocycles. The number of halogens is 2. The molecule has 2 amide bonds. The van der Waals surface area contributed by atoms with Gasteiger partial charge in [0.2, 0.25) is 6.79 Å². The fourth-order valence-corrected chi connectivity index (χ4v) is 4.26. The van der Waals surface area contributed by atoms with Crippen molar-refractivity contribution in [2.75, 3.05) is 18.7 Å². The molecule has 12 heteroatoms. The van der Waals surface area contributed by atoms with Crippen LogP contribution < -0.4 is 20.3 Å². The molecule has 0 saturated heterocycles. The van der Waals surface area contributed by atoms with Crippen molar-refractivity contribution in [2.45, 2.75) is 19.1 Å². The third-order valence-corrected chi connectivity index (χ3v) is 5.48. The minimum Gasteiger partial charge on any atom is -0.506 e.